The number of aromatic nitrogens is 4. The summed E-state index contributed by atoms with van der Waals surface area (Å²) in [7, 11) is 0. The minimum atomic E-state index is -4.43. The number of hydrogen-bond acceptors (Lipinski definition) is 4. The van der Waals surface area contributed by atoms with Crippen molar-refractivity contribution in [1.82, 2.24) is 25.5 Å². The molecule has 2 heterocycles. The lowest BCUT2D eigenvalue weighted by Crippen LogP contribution is -2.57. The maximum atomic E-state index is 13.4. The summed E-state index contributed by atoms with van der Waals surface area (Å²) < 4.78 is 41.3. The lowest BCUT2D eigenvalue weighted by atomic mass is 9.87. The van der Waals surface area contributed by atoms with Gasteiger partial charge in [0.15, 0.2) is 11.4 Å². The third-order valence-electron chi connectivity index (χ3n) is 3.10. The average molecular weight is 261 g/mol. The zero-order valence-electron chi connectivity index (χ0n) is 9.74. The van der Waals surface area contributed by atoms with Gasteiger partial charge in [-0.1, -0.05) is 6.08 Å². The fourth-order valence-electron chi connectivity index (χ4n) is 2.22. The van der Waals surface area contributed by atoms with Gasteiger partial charge in [0.05, 0.1) is 6.54 Å². The van der Waals surface area contributed by atoms with Gasteiger partial charge in [-0.3, -0.25) is 5.32 Å². The Bertz CT molecular complexity index is 419. The molecular weight excluding hydrogens is 247 g/mol. The van der Waals surface area contributed by atoms with Crippen molar-refractivity contribution in [1.29, 1.82) is 0 Å². The highest BCUT2D eigenvalue weighted by Gasteiger charge is 2.59. The Morgan fingerprint density at radius 2 is 2.22 bits per heavy atom. The first-order valence-corrected chi connectivity index (χ1v) is 5.70. The lowest BCUT2D eigenvalue weighted by molar-refractivity contribution is -0.211. The predicted molar refractivity (Wildman–Crippen MR) is 57.6 cm³/mol. The molecule has 0 aromatic carbocycles. The van der Waals surface area contributed by atoms with E-state index < -0.39 is 11.7 Å². The van der Waals surface area contributed by atoms with Crippen LogP contribution in [-0.4, -0.2) is 32.9 Å². The van der Waals surface area contributed by atoms with Gasteiger partial charge in [-0.2, -0.15) is 13.2 Å². The molecule has 8 heteroatoms. The van der Waals surface area contributed by atoms with Crippen LogP contribution in [0.5, 0.6) is 0 Å². The molecule has 0 radical (unpaired) electrons. The van der Waals surface area contributed by atoms with E-state index >= 15 is 0 Å². The van der Waals surface area contributed by atoms with Crippen LogP contribution < -0.4 is 5.32 Å². The van der Waals surface area contributed by atoms with Crippen LogP contribution in [-0.2, 0) is 12.1 Å². The number of nitrogens with one attached hydrogen (secondary N) is 1. The van der Waals surface area contributed by atoms with E-state index in [2.05, 4.69) is 27.4 Å². The molecule has 1 saturated heterocycles. The van der Waals surface area contributed by atoms with Gasteiger partial charge in [-0.15, -0.1) is 11.7 Å². The Morgan fingerprint density at radius 3 is 2.78 bits per heavy atom. The highest BCUT2D eigenvalue weighted by atomic mass is 19.4. The molecule has 1 N–H and O–H groups in total. The fourth-order valence-corrected chi connectivity index (χ4v) is 2.22. The molecule has 5 nitrogen and oxygen atoms in total. The molecule has 0 spiro atoms. The average Bonchev–Trinajstić information content (AvgIpc) is 2.78. The monoisotopic (exact) mass is 261 g/mol. The van der Waals surface area contributed by atoms with Crippen LogP contribution in [0.15, 0.2) is 12.7 Å². The van der Waals surface area contributed by atoms with Gasteiger partial charge in [0, 0.05) is 0 Å². The zero-order valence-corrected chi connectivity index (χ0v) is 9.74. The second kappa shape index (κ2) is 4.68. The molecule has 0 aliphatic carbocycles. The van der Waals surface area contributed by atoms with Gasteiger partial charge in [0.2, 0.25) is 0 Å². The molecule has 1 aliphatic heterocycles. The first kappa shape index (κ1) is 13.0. The molecule has 1 aliphatic rings. The summed E-state index contributed by atoms with van der Waals surface area (Å²) >= 11 is 0. The molecule has 0 bridgehead atoms. The van der Waals surface area contributed by atoms with Crippen LogP contribution in [0, 0.1) is 0 Å². The van der Waals surface area contributed by atoms with Crippen LogP contribution in [0.4, 0.5) is 13.2 Å². The molecule has 0 saturated carbocycles. The molecule has 2 rings (SSSR count). The van der Waals surface area contributed by atoms with E-state index in [-0.39, 0.29) is 18.8 Å². The van der Waals surface area contributed by atoms with Crippen LogP contribution in [0.1, 0.15) is 25.1 Å². The van der Waals surface area contributed by atoms with Crippen molar-refractivity contribution in [2.75, 3.05) is 6.54 Å². The summed E-state index contributed by atoms with van der Waals surface area (Å²) in [5.74, 6) is -0.186. The van der Waals surface area contributed by atoms with Crippen molar-refractivity contribution in [2.45, 2.75) is 37.5 Å². The van der Waals surface area contributed by atoms with Crippen LogP contribution in [0.2, 0.25) is 0 Å². The van der Waals surface area contributed by atoms with Crippen molar-refractivity contribution in [2.24, 2.45) is 0 Å². The summed E-state index contributed by atoms with van der Waals surface area (Å²) in [4.78, 5) is 0. The lowest BCUT2D eigenvalue weighted by Gasteiger charge is -2.38. The number of tetrazole rings is 1. The quantitative estimate of drug-likeness (QED) is 0.835. The van der Waals surface area contributed by atoms with E-state index in [0.29, 0.717) is 13.0 Å². The Labute approximate surface area is 102 Å². The van der Waals surface area contributed by atoms with Crippen molar-refractivity contribution >= 4 is 0 Å². The van der Waals surface area contributed by atoms with Gasteiger partial charge in [-0.25, -0.2) is 4.68 Å². The maximum absolute atomic E-state index is 13.4. The number of piperidine rings is 1. The zero-order chi connectivity index (χ0) is 13.2. The SMILES string of the molecule is C=CCn1nnnc1C1(C(F)(F)F)CCCCN1. The Balaban J connectivity index is 2.45. The molecule has 1 aromatic rings. The van der Waals surface area contributed by atoms with E-state index in [1.165, 1.54) is 6.08 Å². The third kappa shape index (κ3) is 2.00. The largest absolute Gasteiger partial charge is 0.413 e. The van der Waals surface area contributed by atoms with Gasteiger partial charge in [0.25, 0.3) is 0 Å². The summed E-state index contributed by atoms with van der Waals surface area (Å²) in [6, 6.07) is 0. The molecule has 1 unspecified atom stereocenters. The molecule has 1 fully saturated rings. The smallest absolute Gasteiger partial charge is 0.297 e. The molecule has 100 valence electrons. The molecular formula is C10H14F3N5. The number of alkyl halides is 3. The molecule has 0 amide bonds. The number of allylic oxidation sites excluding steroid dienone is 1. The Morgan fingerprint density at radius 1 is 1.44 bits per heavy atom. The molecule has 1 atom stereocenters. The maximum Gasteiger partial charge on any atom is 0.413 e. The number of nitrogens with zero attached hydrogens (tertiary/aromatic N) is 4. The van der Waals surface area contributed by atoms with Crippen molar-refractivity contribution in [3.05, 3.63) is 18.5 Å². The molecule has 18 heavy (non-hydrogen) atoms. The first-order valence-electron chi connectivity index (χ1n) is 5.70. The van der Waals surface area contributed by atoms with E-state index in [1.807, 2.05) is 0 Å². The third-order valence-corrected chi connectivity index (χ3v) is 3.10. The minimum absolute atomic E-state index is 0.0476. The van der Waals surface area contributed by atoms with Crippen molar-refractivity contribution in [3.63, 3.8) is 0 Å². The standard InChI is InChI=1S/C10H14F3N5/c1-2-7-18-8(15-16-17-18)9(10(11,12)13)5-3-4-6-14-9/h2,14H,1,3-7H2. The van der Waals surface area contributed by atoms with Gasteiger partial charge < -0.3 is 0 Å². The summed E-state index contributed by atoms with van der Waals surface area (Å²) in [5, 5.41) is 13.1. The number of rotatable bonds is 3. The Hall–Kier alpha value is -1.44. The van der Waals surface area contributed by atoms with Crippen molar-refractivity contribution < 1.29 is 13.2 Å². The van der Waals surface area contributed by atoms with Crippen LogP contribution >= 0.6 is 0 Å². The van der Waals surface area contributed by atoms with E-state index in [4.69, 9.17) is 0 Å². The van der Waals surface area contributed by atoms with Gasteiger partial charge in [-0.05, 0) is 36.2 Å². The predicted octanol–water partition coefficient (Wildman–Crippen LogP) is 1.39. The highest BCUT2D eigenvalue weighted by molar-refractivity contribution is 5.11. The molecule has 1 aromatic heterocycles. The van der Waals surface area contributed by atoms with Crippen molar-refractivity contribution in [3.8, 4) is 0 Å². The topological polar surface area (TPSA) is 55.6 Å². The Kier molecular flexibility index (Phi) is 3.38. The van der Waals surface area contributed by atoms with Gasteiger partial charge in [0.1, 0.15) is 0 Å². The van der Waals surface area contributed by atoms with E-state index in [0.717, 1.165) is 11.1 Å². The fraction of sp³-hybridized carbons (Fsp3) is 0.700. The minimum Gasteiger partial charge on any atom is -0.297 e. The highest BCUT2D eigenvalue weighted by Crippen LogP contribution is 2.43. The first-order chi connectivity index (χ1) is 8.51. The van der Waals surface area contributed by atoms with E-state index in [9.17, 15) is 13.2 Å². The van der Waals surface area contributed by atoms with Crippen LogP contribution in [0.3, 0.4) is 0 Å². The second-order valence-electron chi connectivity index (χ2n) is 4.26. The van der Waals surface area contributed by atoms with Crippen LogP contribution in [0.25, 0.3) is 0 Å². The van der Waals surface area contributed by atoms with E-state index in [1.54, 1.807) is 0 Å². The summed E-state index contributed by atoms with van der Waals surface area (Å²) in [6.07, 6.45) is -1.80. The summed E-state index contributed by atoms with van der Waals surface area (Å²) in [6.45, 7) is 3.95. The van der Waals surface area contributed by atoms with Gasteiger partial charge >= 0.3 is 6.18 Å². The number of halogens is 3. The second-order valence-corrected chi connectivity index (χ2v) is 4.26. The normalized spacial score (nSPS) is 25.1. The number of hydrogen-bond donors (Lipinski definition) is 1. The summed E-state index contributed by atoms with van der Waals surface area (Å²) in [5.41, 5.74) is -2.14.